The van der Waals surface area contributed by atoms with E-state index in [9.17, 15) is 13.2 Å². The first-order chi connectivity index (χ1) is 8.81. The molecule has 1 aromatic rings. The van der Waals surface area contributed by atoms with E-state index in [4.69, 9.17) is 11.6 Å². The monoisotopic (exact) mass is 304 g/mol. The van der Waals surface area contributed by atoms with Crippen LogP contribution in [-0.2, 0) is 14.8 Å². The lowest BCUT2D eigenvalue weighted by Gasteiger charge is -2.29. The number of hydrogen-bond donors (Lipinski definition) is 1. The first-order valence-electron chi connectivity index (χ1n) is 5.77. The molecule has 19 heavy (non-hydrogen) atoms. The zero-order chi connectivity index (χ0) is 14.6. The Bertz CT molecular complexity index is 543. The topological polar surface area (TPSA) is 66.5 Å². The van der Waals surface area contributed by atoms with Crippen LogP contribution in [0.25, 0.3) is 0 Å². The Hall–Kier alpha value is -1.27. The van der Waals surface area contributed by atoms with Crippen molar-refractivity contribution in [3.05, 3.63) is 29.3 Å². The van der Waals surface area contributed by atoms with Gasteiger partial charge in [-0.15, -0.1) is 0 Å². The molecule has 0 saturated heterocycles. The minimum Gasteiger partial charge on any atom is -0.357 e. The fourth-order valence-electron chi connectivity index (χ4n) is 1.81. The van der Waals surface area contributed by atoms with Crippen molar-refractivity contribution < 1.29 is 13.2 Å². The second-order valence-electron chi connectivity index (χ2n) is 4.07. The van der Waals surface area contributed by atoms with Gasteiger partial charge in [-0.3, -0.25) is 9.10 Å². The van der Waals surface area contributed by atoms with Crippen molar-refractivity contribution in [3.8, 4) is 0 Å². The Morgan fingerprint density at radius 1 is 1.37 bits per heavy atom. The number of nitrogens with one attached hydrogen (secondary N) is 1. The van der Waals surface area contributed by atoms with Crippen LogP contribution in [0.15, 0.2) is 24.3 Å². The number of anilines is 1. The molecule has 0 spiro atoms. The van der Waals surface area contributed by atoms with Crippen LogP contribution in [0.1, 0.15) is 13.3 Å². The third kappa shape index (κ3) is 3.84. The summed E-state index contributed by atoms with van der Waals surface area (Å²) in [6.07, 6.45) is 1.45. The lowest BCUT2D eigenvalue weighted by atomic mass is 10.2. The molecule has 1 aromatic carbocycles. The zero-order valence-electron chi connectivity index (χ0n) is 11.1. The van der Waals surface area contributed by atoms with Gasteiger partial charge in [-0.05, 0) is 30.7 Å². The van der Waals surface area contributed by atoms with Crippen LogP contribution in [-0.4, -0.2) is 33.7 Å². The fourth-order valence-corrected chi connectivity index (χ4v) is 3.15. The largest absolute Gasteiger partial charge is 0.357 e. The van der Waals surface area contributed by atoms with E-state index in [0.717, 1.165) is 10.6 Å². The molecular weight excluding hydrogens is 288 g/mol. The van der Waals surface area contributed by atoms with Gasteiger partial charge < -0.3 is 5.32 Å². The van der Waals surface area contributed by atoms with E-state index in [-0.39, 0.29) is 5.91 Å². The second-order valence-corrected chi connectivity index (χ2v) is 6.37. The molecule has 1 N–H and O–H groups in total. The molecule has 0 aliphatic carbocycles. The van der Waals surface area contributed by atoms with Crippen LogP contribution in [0.3, 0.4) is 0 Å². The second kappa shape index (κ2) is 6.25. The van der Waals surface area contributed by atoms with Crippen molar-refractivity contribution in [1.82, 2.24) is 5.32 Å². The molecule has 0 heterocycles. The van der Waals surface area contributed by atoms with Gasteiger partial charge in [0.05, 0.1) is 11.9 Å². The molecule has 0 aromatic heterocycles. The van der Waals surface area contributed by atoms with Crippen molar-refractivity contribution in [2.45, 2.75) is 19.4 Å². The summed E-state index contributed by atoms with van der Waals surface area (Å²) in [5.41, 5.74) is 0.419. The van der Waals surface area contributed by atoms with Crippen molar-refractivity contribution in [2.75, 3.05) is 17.6 Å². The Balaban J connectivity index is 3.29. The maximum atomic E-state index is 12.0. The van der Waals surface area contributed by atoms with E-state index in [1.54, 1.807) is 31.2 Å². The molecule has 0 aliphatic rings. The lowest BCUT2D eigenvalue weighted by Crippen LogP contribution is -2.48. The maximum absolute atomic E-state index is 12.0. The number of halogens is 1. The molecule has 7 heteroatoms. The number of rotatable bonds is 5. The summed E-state index contributed by atoms with van der Waals surface area (Å²) in [5.74, 6) is -0.345. The predicted molar refractivity (Wildman–Crippen MR) is 76.9 cm³/mol. The fraction of sp³-hybridized carbons (Fsp3) is 0.417. The first kappa shape index (κ1) is 15.8. The number of nitrogens with zero attached hydrogens (tertiary/aromatic N) is 1. The predicted octanol–water partition coefficient (Wildman–Crippen LogP) is 1.63. The summed E-state index contributed by atoms with van der Waals surface area (Å²) in [6, 6.07) is 5.56. The Morgan fingerprint density at radius 3 is 2.26 bits per heavy atom. The molecule has 106 valence electrons. The third-order valence-corrected chi connectivity index (χ3v) is 4.09. The van der Waals surface area contributed by atoms with E-state index in [2.05, 4.69) is 5.32 Å². The van der Waals surface area contributed by atoms with Gasteiger partial charge in [0.15, 0.2) is 0 Å². The average molecular weight is 305 g/mol. The maximum Gasteiger partial charge on any atom is 0.243 e. The van der Waals surface area contributed by atoms with Crippen molar-refractivity contribution >= 4 is 33.2 Å². The van der Waals surface area contributed by atoms with Gasteiger partial charge in [0.2, 0.25) is 15.9 Å². The van der Waals surface area contributed by atoms with Gasteiger partial charge >= 0.3 is 0 Å². The summed E-state index contributed by atoms with van der Waals surface area (Å²) < 4.78 is 25.0. The van der Waals surface area contributed by atoms with Crippen LogP contribution in [0.5, 0.6) is 0 Å². The van der Waals surface area contributed by atoms with Crippen LogP contribution in [0.2, 0.25) is 5.02 Å². The van der Waals surface area contributed by atoms with Gasteiger partial charge in [0.25, 0.3) is 0 Å². The molecule has 1 atom stereocenters. The number of carbonyl (C=O) groups is 1. The summed E-state index contributed by atoms with van der Waals surface area (Å²) in [5, 5.41) is 2.98. The molecule has 0 radical (unpaired) electrons. The highest BCUT2D eigenvalue weighted by atomic mass is 35.5. The molecular formula is C12H17ClN2O3S. The Kier molecular flexibility index (Phi) is 5.20. The van der Waals surface area contributed by atoms with Crippen LogP contribution < -0.4 is 9.62 Å². The molecule has 0 unspecified atom stereocenters. The molecule has 0 aliphatic heterocycles. The molecule has 0 saturated carbocycles. The summed E-state index contributed by atoms with van der Waals surface area (Å²) in [7, 11) is -2.09. The minimum absolute atomic E-state index is 0.345. The van der Waals surface area contributed by atoms with Crippen molar-refractivity contribution in [2.24, 2.45) is 0 Å². The van der Waals surface area contributed by atoms with E-state index < -0.39 is 16.1 Å². The highest BCUT2D eigenvalue weighted by molar-refractivity contribution is 7.92. The van der Waals surface area contributed by atoms with Gasteiger partial charge in [-0.25, -0.2) is 8.42 Å². The SMILES string of the molecule is CC[C@@H](C(=O)NC)N(c1ccc(Cl)cc1)S(C)(=O)=O. The smallest absolute Gasteiger partial charge is 0.243 e. The van der Waals surface area contributed by atoms with Crippen LogP contribution in [0.4, 0.5) is 5.69 Å². The van der Waals surface area contributed by atoms with Gasteiger partial charge in [-0.1, -0.05) is 18.5 Å². The highest BCUT2D eigenvalue weighted by Crippen LogP contribution is 2.24. The number of sulfonamides is 1. The van der Waals surface area contributed by atoms with Crippen molar-refractivity contribution in [1.29, 1.82) is 0 Å². The first-order valence-corrected chi connectivity index (χ1v) is 8.00. The number of benzene rings is 1. The average Bonchev–Trinajstić information content (AvgIpc) is 2.35. The standard InChI is InChI=1S/C12H17ClN2O3S/c1-4-11(12(16)14-2)15(19(3,17)18)10-7-5-9(13)6-8-10/h5-8,11H,4H2,1-3H3,(H,14,16)/t11-/m0/s1. The molecule has 1 rings (SSSR count). The summed E-state index contributed by atoms with van der Waals surface area (Å²) in [6.45, 7) is 1.76. The van der Waals surface area contributed by atoms with Gasteiger partial charge in [0, 0.05) is 12.1 Å². The lowest BCUT2D eigenvalue weighted by molar-refractivity contribution is -0.121. The third-order valence-electron chi connectivity index (χ3n) is 2.66. The van der Waals surface area contributed by atoms with E-state index in [0.29, 0.717) is 17.1 Å². The van der Waals surface area contributed by atoms with Crippen LogP contribution >= 0.6 is 11.6 Å². The Morgan fingerprint density at radius 2 is 1.89 bits per heavy atom. The van der Waals surface area contributed by atoms with E-state index in [1.807, 2.05) is 0 Å². The van der Waals surface area contributed by atoms with E-state index in [1.165, 1.54) is 7.05 Å². The summed E-state index contributed by atoms with van der Waals surface area (Å²) >= 11 is 5.79. The normalized spacial score (nSPS) is 12.8. The number of hydrogen-bond acceptors (Lipinski definition) is 3. The number of carbonyl (C=O) groups excluding carboxylic acids is 1. The number of amides is 1. The number of likely N-dealkylation sites (N-methyl/N-ethyl adjacent to an activating group) is 1. The van der Waals surface area contributed by atoms with Crippen LogP contribution in [0, 0.1) is 0 Å². The van der Waals surface area contributed by atoms with Gasteiger partial charge in [0.1, 0.15) is 6.04 Å². The quantitative estimate of drug-likeness (QED) is 0.899. The van der Waals surface area contributed by atoms with Gasteiger partial charge in [-0.2, -0.15) is 0 Å². The highest BCUT2D eigenvalue weighted by Gasteiger charge is 2.30. The molecule has 0 bridgehead atoms. The molecule has 1 amide bonds. The zero-order valence-corrected chi connectivity index (χ0v) is 12.6. The molecule has 5 nitrogen and oxygen atoms in total. The summed E-state index contributed by atoms with van der Waals surface area (Å²) in [4.78, 5) is 11.8. The molecule has 0 fully saturated rings. The minimum atomic E-state index is -3.57. The van der Waals surface area contributed by atoms with E-state index >= 15 is 0 Å². The Labute approximate surface area is 118 Å². The van der Waals surface area contributed by atoms with Crippen molar-refractivity contribution in [3.63, 3.8) is 0 Å².